The van der Waals surface area contributed by atoms with Crippen molar-refractivity contribution in [2.24, 2.45) is 17.8 Å². The molecule has 20 heavy (non-hydrogen) atoms. The molecule has 1 aliphatic rings. The van der Waals surface area contributed by atoms with Crippen LogP contribution in [0.1, 0.15) is 60.8 Å². The van der Waals surface area contributed by atoms with Crippen LogP contribution < -0.4 is 0 Å². The topological polar surface area (TPSA) is 46.5 Å². The summed E-state index contributed by atoms with van der Waals surface area (Å²) < 4.78 is 5.93. The van der Waals surface area contributed by atoms with Gasteiger partial charge in [-0.25, -0.2) is 0 Å². The van der Waals surface area contributed by atoms with E-state index in [1.165, 1.54) is 0 Å². The molecule has 0 aliphatic carbocycles. The van der Waals surface area contributed by atoms with E-state index in [9.17, 15) is 9.90 Å². The molecule has 0 aromatic heterocycles. The highest BCUT2D eigenvalue weighted by Crippen LogP contribution is 2.38. The third-order valence-corrected chi connectivity index (χ3v) is 4.58. The van der Waals surface area contributed by atoms with Gasteiger partial charge in [-0.05, 0) is 31.3 Å². The van der Waals surface area contributed by atoms with Gasteiger partial charge in [-0.15, -0.1) is 0 Å². The van der Waals surface area contributed by atoms with Gasteiger partial charge in [0.05, 0.1) is 12.0 Å². The van der Waals surface area contributed by atoms with Crippen LogP contribution in [-0.2, 0) is 9.53 Å². The average molecular weight is 282 g/mol. The molecule has 1 saturated heterocycles. The highest BCUT2D eigenvalue weighted by atomic mass is 16.6. The van der Waals surface area contributed by atoms with Crippen LogP contribution in [0.5, 0.6) is 0 Å². The van der Waals surface area contributed by atoms with Crippen LogP contribution >= 0.6 is 0 Å². The molecule has 3 nitrogen and oxygen atoms in total. The van der Waals surface area contributed by atoms with Gasteiger partial charge >= 0.3 is 0 Å². The second-order valence-electron chi connectivity index (χ2n) is 6.33. The van der Waals surface area contributed by atoms with E-state index >= 15 is 0 Å². The molecule has 0 spiro atoms. The van der Waals surface area contributed by atoms with Crippen LogP contribution in [0.15, 0.2) is 11.6 Å². The van der Waals surface area contributed by atoms with E-state index in [1.807, 2.05) is 20.8 Å². The van der Waals surface area contributed by atoms with Crippen LogP contribution in [0.4, 0.5) is 0 Å². The number of allylic oxidation sites excluding steroid dienone is 1. The number of ether oxygens (including phenoxy) is 1. The van der Waals surface area contributed by atoms with Crippen LogP contribution in [0, 0.1) is 17.8 Å². The molecule has 0 unspecified atom stereocenters. The van der Waals surface area contributed by atoms with Crippen LogP contribution in [0.25, 0.3) is 0 Å². The second-order valence-corrected chi connectivity index (χ2v) is 6.33. The highest BCUT2D eigenvalue weighted by molar-refractivity contribution is 5.85. The molecule has 0 amide bonds. The largest absolute Gasteiger partial charge is 0.365 e. The Bertz CT molecular complexity index is 374. The summed E-state index contributed by atoms with van der Waals surface area (Å²) in [5.41, 5.74) is 1.06. The molecule has 0 radical (unpaired) electrons. The number of hydrogen-bond acceptors (Lipinski definition) is 3. The Labute approximate surface area is 123 Å². The molecule has 1 heterocycles. The van der Waals surface area contributed by atoms with E-state index in [0.29, 0.717) is 12.3 Å². The first-order valence-electron chi connectivity index (χ1n) is 7.89. The SMILES string of the molecule is CCC[C@@H](C)/C=C(\C)[C@H]1O[C@@](O)(CC)[C@H](C)C(=O)[C@@H]1C. The Morgan fingerprint density at radius 1 is 1.45 bits per heavy atom. The lowest BCUT2D eigenvalue weighted by Gasteiger charge is -2.44. The first-order valence-corrected chi connectivity index (χ1v) is 7.89. The van der Waals surface area contributed by atoms with Crippen molar-refractivity contribution in [2.45, 2.75) is 72.7 Å². The van der Waals surface area contributed by atoms with Gasteiger partial charge in [-0.3, -0.25) is 4.79 Å². The average Bonchev–Trinajstić information content (AvgIpc) is 2.40. The fraction of sp³-hybridized carbons (Fsp3) is 0.824. The molecule has 1 N–H and O–H groups in total. The number of carbonyl (C=O) groups excluding carboxylic acids is 1. The van der Waals surface area contributed by atoms with Crippen LogP contribution in [0.2, 0.25) is 0 Å². The molecular formula is C17H30O3. The predicted octanol–water partition coefficient (Wildman–Crippen LogP) is 3.71. The molecule has 1 rings (SSSR count). The molecule has 0 saturated carbocycles. The van der Waals surface area contributed by atoms with E-state index in [1.54, 1.807) is 6.92 Å². The molecule has 0 aromatic carbocycles. The Hall–Kier alpha value is -0.670. The number of ketones is 1. The maximum atomic E-state index is 12.4. The molecule has 3 heteroatoms. The van der Waals surface area contributed by atoms with E-state index in [-0.39, 0.29) is 17.8 Å². The summed E-state index contributed by atoms with van der Waals surface area (Å²) in [6.45, 7) is 11.9. The van der Waals surface area contributed by atoms with Crippen molar-refractivity contribution in [1.29, 1.82) is 0 Å². The van der Waals surface area contributed by atoms with Gasteiger partial charge in [0.15, 0.2) is 5.79 Å². The third-order valence-electron chi connectivity index (χ3n) is 4.58. The van der Waals surface area contributed by atoms with Crippen molar-refractivity contribution in [2.75, 3.05) is 0 Å². The summed E-state index contributed by atoms with van der Waals surface area (Å²) >= 11 is 0. The van der Waals surface area contributed by atoms with Gasteiger partial charge in [0, 0.05) is 5.92 Å². The van der Waals surface area contributed by atoms with Gasteiger partial charge in [0.25, 0.3) is 0 Å². The van der Waals surface area contributed by atoms with Crippen molar-refractivity contribution in [1.82, 2.24) is 0 Å². The fourth-order valence-electron chi connectivity index (χ4n) is 3.15. The highest BCUT2D eigenvalue weighted by Gasteiger charge is 2.48. The Kier molecular flexibility index (Phi) is 5.96. The minimum absolute atomic E-state index is 0.0986. The van der Waals surface area contributed by atoms with Crippen molar-refractivity contribution < 1.29 is 14.6 Å². The molecule has 116 valence electrons. The lowest BCUT2D eigenvalue weighted by molar-refractivity contribution is -0.271. The second kappa shape index (κ2) is 6.86. The predicted molar refractivity (Wildman–Crippen MR) is 81.3 cm³/mol. The molecule has 0 bridgehead atoms. The minimum atomic E-state index is -1.32. The number of Topliss-reactive ketones (excluding diaryl/α,β-unsaturated/α-hetero) is 1. The van der Waals surface area contributed by atoms with Gasteiger partial charge in [0.1, 0.15) is 5.78 Å². The number of rotatable bonds is 5. The van der Waals surface area contributed by atoms with Crippen molar-refractivity contribution in [3.8, 4) is 0 Å². The van der Waals surface area contributed by atoms with Gasteiger partial charge < -0.3 is 9.84 Å². The molecular weight excluding hydrogens is 252 g/mol. The number of hydrogen-bond donors (Lipinski definition) is 1. The summed E-state index contributed by atoms with van der Waals surface area (Å²) in [6, 6.07) is 0. The Morgan fingerprint density at radius 3 is 2.55 bits per heavy atom. The summed E-state index contributed by atoms with van der Waals surface area (Å²) in [7, 11) is 0. The maximum Gasteiger partial charge on any atom is 0.175 e. The maximum absolute atomic E-state index is 12.4. The summed E-state index contributed by atoms with van der Waals surface area (Å²) in [5, 5.41) is 10.5. The summed E-state index contributed by atoms with van der Waals surface area (Å²) in [5.74, 6) is -1.40. The van der Waals surface area contributed by atoms with Crippen molar-refractivity contribution in [3.63, 3.8) is 0 Å². The Balaban J connectivity index is 2.96. The van der Waals surface area contributed by atoms with E-state index < -0.39 is 11.7 Å². The number of aliphatic hydroxyl groups is 1. The first-order chi connectivity index (χ1) is 9.26. The van der Waals surface area contributed by atoms with E-state index in [4.69, 9.17) is 4.74 Å². The zero-order chi connectivity index (χ0) is 15.5. The summed E-state index contributed by atoms with van der Waals surface area (Å²) in [4.78, 5) is 12.4. The molecule has 1 aliphatic heterocycles. The number of carbonyl (C=O) groups is 1. The minimum Gasteiger partial charge on any atom is -0.365 e. The van der Waals surface area contributed by atoms with E-state index in [2.05, 4.69) is 19.9 Å². The lowest BCUT2D eigenvalue weighted by Crippen LogP contribution is -2.55. The van der Waals surface area contributed by atoms with Gasteiger partial charge in [-0.1, -0.05) is 47.1 Å². The Morgan fingerprint density at radius 2 is 2.05 bits per heavy atom. The van der Waals surface area contributed by atoms with Crippen molar-refractivity contribution >= 4 is 5.78 Å². The molecule has 1 fully saturated rings. The summed E-state index contributed by atoms with van der Waals surface area (Å²) in [6.07, 6.45) is 4.58. The lowest BCUT2D eigenvalue weighted by atomic mass is 9.79. The third kappa shape index (κ3) is 3.50. The van der Waals surface area contributed by atoms with Crippen LogP contribution in [-0.4, -0.2) is 22.8 Å². The van der Waals surface area contributed by atoms with Crippen molar-refractivity contribution in [3.05, 3.63) is 11.6 Å². The molecule has 5 atom stereocenters. The van der Waals surface area contributed by atoms with Gasteiger partial charge in [-0.2, -0.15) is 0 Å². The normalized spacial score (nSPS) is 37.0. The standard InChI is InChI=1S/C17H30O3/c1-7-9-11(3)10-12(4)16-13(5)15(18)14(6)17(19,8-2)20-16/h10-11,13-14,16,19H,7-9H2,1-6H3/b12-10+/t11-,13+,14-,16-,17+/m1/s1. The smallest absolute Gasteiger partial charge is 0.175 e. The van der Waals surface area contributed by atoms with Crippen LogP contribution in [0.3, 0.4) is 0 Å². The monoisotopic (exact) mass is 282 g/mol. The van der Waals surface area contributed by atoms with Gasteiger partial charge in [0.2, 0.25) is 0 Å². The fourth-order valence-corrected chi connectivity index (χ4v) is 3.15. The van der Waals surface area contributed by atoms with E-state index in [0.717, 1.165) is 18.4 Å². The quantitative estimate of drug-likeness (QED) is 0.782. The first kappa shape index (κ1) is 17.4. The zero-order valence-electron chi connectivity index (χ0n) is 13.8. The zero-order valence-corrected chi connectivity index (χ0v) is 13.8. The molecule has 0 aromatic rings.